The van der Waals surface area contributed by atoms with Gasteiger partial charge in [0.2, 0.25) is 17.8 Å². The van der Waals surface area contributed by atoms with E-state index >= 15 is 0 Å². The molecule has 0 radical (unpaired) electrons. The number of nitrogens with one attached hydrogen (secondary N) is 2. The summed E-state index contributed by atoms with van der Waals surface area (Å²) < 4.78 is 39.1. The zero-order chi connectivity index (χ0) is 24.1. The smallest absolute Gasteiger partial charge is 0.350 e. The predicted octanol–water partition coefficient (Wildman–Crippen LogP) is 5.64. The highest BCUT2D eigenvalue weighted by Gasteiger charge is 2.30. The van der Waals surface area contributed by atoms with Gasteiger partial charge in [0.1, 0.15) is 5.82 Å². The fourth-order valence-corrected chi connectivity index (χ4v) is 3.51. The van der Waals surface area contributed by atoms with Gasteiger partial charge in [0.15, 0.2) is 0 Å². The molecule has 0 aliphatic rings. The normalized spacial score (nSPS) is 11.4. The van der Waals surface area contributed by atoms with Crippen molar-refractivity contribution in [1.29, 1.82) is 0 Å². The Morgan fingerprint density at radius 2 is 1.65 bits per heavy atom. The highest BCUT2D eigenvalue weighted by molar-refractivity contribution is 5.92. The van der Waals surface area contributed by atoms with E-state index in [0.717, 1.165) is 22.9 Å². The first-order chi connectivity index (χ1) is 16.4. The van der Waals surface area contributed by atoms with E-state index in [0.29, 0.717) is 30.4 Å². The Balaban J connectivity index is 1.63. The predicted molar refractivity (Wildman–Crippen MR) is 127 cm³/mol. The number of nitrogens with zero attached hydrogens (tertiary/aromatic N) is 5. The Bertz CT molecular complexity index is 1270. The molecule has 0 amide bonds. The first-order valence-electron chi connectivity index (χ1n) is 10.9. The van der Waals surface area contributed by atoms with Gasteiger partial charge in [0.05, 0.1) is 5.56 Å². The quantitative estimate of drug-likeness (QED) is 0.347. The van der Waals surface area contributed by atoms with Gasteiger partial charge < -0.3 is 15.5 Å². The molecular weight excluding hydrogens is 443 g/mol. The van der Waals surface area contributed by atoms with Crippen LogP contribution in [0.4, 0.5) is 36.8 Å². The molecule has 7 nitrogen and oxygen atoms in total. The Morgan fingerprint density at radius 3 is 2.41 bits per heavy atom. The second-order valence-electron chi connectivity index (χ2n) is 7.51. The SMILES string of the molecule is CCN(CC)c1nc(NCc2cccc(C(F)(F)F)c2)nc(Nc2nccc3ccccc23)n1. The van der Waals surface area contributed by atoms with Crippen molar-refractivity contribution in [3.8, 4) is 0 Å². The minimum Gasteiger partial charge on any atom is -0.350 e. The number of hydrogen-bond acceptors (Lipinski definition) is 7. The lowest BCUT2D eigenvalue weighted by Gasteiger charge is -2.20. The average molecular weight is 467 g/mol. The zero-order valence-corrected chi connectivity index (χ0v) is 18.8. The third kappa shape index (κ3) is 5.33. The van der Waals surface area contributed by atoms with E-state index in [1.54, 1.807) is 12.3 Å². The minimum absolute atomic E-state index is 0.123. The number of halogens is 3. The summed E-state index contributed by atoms with van der Waals surface area (Å²) >= 11 is 0. The number of alkyl halides is 3. The topological polar surface area (TPSA) is 78.9 Å². The molecule has 2 aromatic heterocycles. The fourth-order valence-electron chi connectivity index (χ4n) is 3.51. The first kappa shape index (κ1) is 23.2. The van der Waals surface area contributed by atoms with Crippen LogP contribution >= 0.6 is 0 Å². The van der Waals surface area contributed by atoms with Crippen molar-refractivity contribution in [2.24, 2.45) is 0 Å². The molecule has 176 valence electrons. The number of hydrogen-bond donors (Lipinski definition) is 2. The summed E-state index contributed by atoms with van der Waals surface area (Å²) in [7, 11) is 0. The van der Waals surface area contributed by atoms with E-state index in [9.17, 15) is 13.2 Å². The monoisotopic (exact) mass is 467 g/mol. The lowest BCUT2D eigenvalue weighted by atomic mass is 10.1. The second kappa shape index (κ2) is 9.90. The van der Waals surface area contributed by atoms with Crippen LogP contribution in [0.2, 0.25) is 0 Å². The molecule has 10 heteroatoms. The summed E-state index contributed by atoms with van der Waals surface area (Å²) in [4.78, 5) is 19.8. The molecule has 2 N–H and O–H groups in total. The summed E-state index contributed by atoms with van der Waals surface area (Å²) in [5, 5.41) is 8.12. The van der Waals surface area contributed by atoms with Crippen LogP contribution in [-0.2, 0) is 12.7 Å². The summed E-state index contributed by atoms with van der Waals surface area (Å²) in [6.07, 6.45) is -2.70. The molecular formula is C24H24F3N7. The number of fused-ring (bicyclic) bond motifs is 1. The van der Waals surface area contributed by atoms with Crippen molar-refractivity contribution < 1.29 is 13.2 Å². The Hall–Kier alpha value is -3.95. The summed E-state index contributed by atoms with van der Waals surface area (Å²) in [5.41, 5.74) is -0.236. The highest BCUT2D eigenvalue weighted by atomic mass is 19.4. The second-order valence-corrected chi connectivity index (χ2v) is 7.51. The lowest BCUT2D eigenvalue weighted by molar-refractivity contribution is -0.137. The number of pyridine rings is 1. The van der Waals surface area contributed by atoms with Crippen LogP contribution in [0, 0.1) is 0 Å². The lowest BCUT2D eigenvalue weighted by Crippen LogP contribution is -2.25. The fraction of sp³-hybridized carbons (Fsp3) is 0.250. The van der Waals surface area contributed by atoms with E-state index in [2.05, 4.69) is 30.6 Å². The van der Waals surface area contributed by atoms with Gasteiger partial charge >= 0.3 is 6.18 Å². The molecule has 2 aromatic carbocycles. The molecule has 34 heavy (non-hydrogen) atoms. The van der Waals surface area contributed by atoms with Crippen LogP contribution in [0.5, 0.6) is 0 Å². The molecule has 0 spiro atoms. The minimum atomic E-state index is -4.40. The molecule has 0 bridgehead atoms. The molecule has 0 atom stereocenters. The maximum Gasteiger partial charge on any atom is 0.416 e. The third-order valence-electron chi connectivity index (χ3n) is 5.28. The molecule has 4 aromatic rings. The van der Waals surface area contributed by atoms with Gasteiger partial charge in [0.25, 0.3) is 0 Å². The molecule has 4 rings (SSSR count). The van der Waals surface area contributed by atoms with E-state index < -0.39 is 11.7 Å². The summed E-state index contributed by atoms with van der Waals surface area (Å²) in [5.74, 6) is 1.58. The number of aromatic nitrogens is 4. The van der Waals surface area contributed by atoms with Crippen LogP contribution in [0.1, 0.15) is 25.0 Å². The molecule has 0 unspecified atom stereocenters. The number of benzene rings is 2. The van der Waals surface area contributed by atoms with E-state index in [1.807, 2.05) is 49.1 Å². The molecule has 2 heterocycles. The van der Waals surface area contributed by atoms with Gasteiger partial charge in [-0.3, -0.25) is 0 Å². The third-order valence-corrected chi connectivity index (χ3v) is 5.28. The Labute approximate surface area is 195 Å². The van der Waals surface area contributed by atoms with Crippen molar-refractivity contribution in [2.45, 2.75) is 26.6 Å². The van der Waals surface area contributed by atoms with E-state index in [-0.39, 0.29) is 18.4 Å². The largest absolute Gasteiger partial charge is 0.416 e. The molecule has 0 saturated heterocycles. The van der Waals surface area contributed by atoms with Crippen molar-refractivity contribution in [2.75, 3.05) is 28.6 Å². The van der Waals surface area contributed by atoms with Gasteiger partial charge in [-0.25, -0.2) is 4.98 Å². The summed E-state index contributed by atoms with van der Waals surface area (Å²) in [6, 6.07) is 14.9. The maximum atomic E-state index is 13.0. The molecule has 0 saturated carbocycles. The molecule has 0 aliphatic heterocycles. The van der Waals surface area contributed by atoms with Gasteiger partial charge in [0, 0.05) is 31.2 Å². The van der Waals surface area contributed by atoms with Crippen LogP contribution in [0.3, 0.4) is 0 Å². The maximum absolute atomic E-state index is 13.0. The van der Waals surface area contributed by atoms with Crippen LogP contribution < -0.4 is 15.5 Å². The van der Waals surface area contributed by atoms with Crippen LogP contribution in [0.15, 0.2) is 60.8 Å². The number of rotatable bonds is 8. The van der Waals surface area contributed by atoms with Crippen molar-refractivity contribution in [3.63, 3.8) is 0 Å². The molecule has 0 aliphatic carbocycles. The first-order valence-corrected chi connectivity index (χ1v) is 10.9. The average Bonchev–Trinajstić information content (AvgIpc) is 2.83. The van der Waals surface area contributed by atoms with Crippen LogP contribution in [0.25, 0.3) is 10.8 Å². The highest BCUT2D eigenvalue weighted by Crippen LogP contribution is 2.30. The zero-order valence-electron chi connectivity index (χ0n) is 18.8. The van der Waals surface area contributed by atoms with Crippen molar-refractivity contribution in [3.05, 3.63) is 71.9 Å². The Morgan fingerprint density at radius 1 is 0.882 bits per heavy atom. The molecule has 0 fully saturated rings. The van der Waals surface area contributed by atoms with Gasteiger partial charge in [-0.1, -0.05) is 36.4 Å². The van der Waals surface area contributed by atoms with E-state index in [1.165, 1.54) is 6.07 Å². The van der Waals surface area contributed by atoms with Crippen molar-refractivity contribution in [1.82, 2.24) is 19.9 Å². The van der Waals surface area contributed by atoms with E-state index in [4.69, 9.17) is 0 Å². The van der Waals surface area contributed by atoms with Gasteiger partial charge in [-0.05, 0) is 43.0 Å². The summed E-state index contributed by atoms with van der Waals surface area (Å²) in [6.45, 7) is 5.46. The number of anilines is 4. The Kier molecular flexibility index (Phi) is 6.76. The van der Waals surface area contributed by atoms with Crippen molar-refractivity contribution >= 4 is 34.4 Å². The van der Waals surface area contributed by atoms with Crippen LogP contribution in [-0.4, -0.2) is 33.0 Å². The van der Waals surface area contributed by atoms with Gasteiger partial charge in [-0.15, -0.1) is 0 Å². The standard InChI is InChI=1S/C24H24F3N7/c1-3-34(4-2)23-32-21(29-15-16-8-7-10-18(14-16)24(25,26)27)31-22(33-23)30-20-19-11-6-5-9-17(19)12-13-28-20/h5-14H,3-4,15H2,1-2H3,(H2,28,29,30,31,32,33). The van der Waals surface area contributed by atoms with Gasteiger partial charge in [-0.2, -0.15) is 28.1 Å².